The topological polar surface area (TPSA) is 191 Å². The Bertz CT molecular complexity index is 2280. The maximum atomic E-state index is 17.3. The molecule has 4 unspecified atom stereocenters. The molecular weight excluding hydrogens is 940 g/mol. The van der Waals surface area contributed by atoms with Crippen molar-refractivity contribution in [1.29, 1.82) is 0 Å². The number of aliphatic hydroxyl groups excluding tert-OH is 2. The summed E-state index contributed by atoms with van der Waals surface area (Å²) in [5, 5.41) is 21.2. The molecule has 0 bridgehead atoms. The lowest BCUT2D eigenvalue weighted by Gasteiger charge is -2.63. The molecule has 8 rings (SSSR count). The van der Waals surface area contributed by atoms with Crippen molar-refractivity contribution in [3.63, 3.8) is 0 Å². The molecule has 0 saturated heterocycles. The zero-order valence-electron chi connectivity index (χ0n) is 39.3. The van der Waals surface area contributed by atoms with Crippen molar-refractivity contribution in [3.8, 4) is 0 Å². The normalized spacial score (nSPS) is 47.4. The van der Waals surface area contributed by atoms with Crippen LogP contribution in [-0.4, -0.2) is 102 Å². The van der Waals surface area contributed by atoms with Gasteiger partial charge in [-0.15, -0.1) is 0 Å². The first kappa shape index (κ1) is 52.6. The average molecular weight is 1000 g/mol. The van der Waals surface area contributed by atoms with Crippen molar-refractivity contribution >= 4 is 57.8 Å². The number of esters is 2. The summed E-state index contributed by atoms with van der Waals surface area (Å²) in [5.74, 6) is -6.67. The minimum Gasteiger partial charge on any atom is -0.449 e. The van der Waals surface area contributed by atoms with Crippen LogP contribution in [0.25, 0.3) is 0 Å². The minimum atomic E-state index is -2.32. The van der Waals surface area contributed by atoms with E-state index in [1.807, 2.05) is 0 Å². The van der Waals surface area contributed by atoms with Crippen LogP contribution in [0.3, 0.4) is 0 Å². The second-order valence-corrected chi connectivity index (χ2v) is 22.4. The number of alkyl halides is 5. The Morgan fingerprint density at radius 1 is 0.676 bits per heavy atom. The van der Waals surface area contributed by atoms with Gasteiger partial charge in [0, 0.05) is 58.2 Å². The fourth-order valence-corrected chi connectivity index (χ4v) is 16.5. The SMILES string of the molecule is CCC(=O)O[C@]1(C(=O)SO)[C@H](C)CC2C3C[C@H](F)C4=CC(=O)C=C[C@]4(C)[C@@]3(F)[C@@H](O)C[C@@]21C.CCC(=O)O[C@]1(C(=O)SOCF)[C@H](C)CC2C3C[C@H](F)C4=CC(=O)C=C[C@]4(C)[C@@]3(F)[C@@H](O)C[C@@]21C. The van der Waals surface area contributed by atoms with Crippen LogP contribution in [0.1, 0.15) is 107 Å². The van der Waals surface area contributed by atoms with Crippen molar-refractivity contribution in [1.82, 2.24) is 0 Å². The second kappa shape index (κ2) is 17.8. The van der Waals surface area contributed by atoms with Crippen LogP contribution in [0.5, 0.6) is 0 Å². The molecule has 376 valence electrons. The van der Waals surface area contributed by atoms with Gasteiger partial charge < -0.3 is 24.2 Å². The molecular formula is C49H61F5O12S2. The van der Waals surface area contributed by atoms with Crippen LogP contribution >= 0.6 is 24.1 Å². The third-order valence-electron chi connectivity index (χ3n) is 18.3. The van der Waals surface area contributed by atoms with Crippen molar-refractivity contribution < 1.29 is 79.1 Å². The number of fused-ring (bicyclic) bond motifs is 10. The molecule has 12 nitrogen and oxygen atoms in total. The third kappa shape index (κ3) is 6.87. The van der Waals surface area contributed by atoms with Crippen LogP contribution in [-0.2, 0) is 42.4 Å². The second-order valence-electron chi connectivity index (χ2n) is 21.1. The van der Waals surface area contributed by atoms with E-state index in [4.69, 9.17) is 9.47 Å². The van der Waals surface area contributed by atoms with Crippen LogP contribution < -0.4 is 0 Å². The molecule has 8 aliphatic carbocycles. The van der Waals surface area contributed by atoms with Gasteiger partial charge in [0.2, 0.25) is 6.86 Å². The number of rotatable bonds is 8. The van der Waals surface area contributed by atoms with Crippen molar-refractivity contribution in [2.24, 2.45) is 57.2 Å². The fraction of sp³-hybridized carbons (Fsp3) is 0.714. The molecule has 68 heavy (non-hydrogen) atoms. The lowest BCUT2D eigenvalue weighted by molar-refractivity contribution is -0.228. The van der Waals surface area contributed by atoms with E-state index in [1.165, 1.54) is 38.2 Å². The highest BCUT2D eigenvalue weighted by Crippen LogP contribution is 2.74. The molecule has 0 heterocycles. The summed E-state index contributed by atoms with van der Waals surface area (Å²) in [7, 11) is 0. The number of ether oxygens (including phenoxy) is 2. The lowest BCUT2D eigenvalue weighted by atomic mass is 9.44. The van der Waals surface area contributed by atoms with Crippen molar-refractivity contribution in [2.75, 3.05) is 6.86 Å². The van der Waals surface area contributed by atoms with Gasteiger partial charge in [0.1, 0.15) is 12.3 Å². The van der Waals surface area contributed by atoms with Crippen molar-refractivity contribution in [2.45, 2.75) is 154 Å². The van der Waals surface area contributed by atoms with E-state index in [0.29, 0.717) is 0 Å². The van der Waals surface area contributed by atoms with Gasteiger partial charge in [-0.25, -0.2) is 22.0 Å². The standard InChI is InChI=1S/C25H31F3O6S.C24H30F2O6S/c1-5-20(31)34-25(21(32)35-33-12-26)13(2)8-15-16-10-18(27)17-9-14(29)6-7-22(17,3)24(16,28)19(30)11-23(15,25)4;1-5-19(29)32-24(20(30)33-31)12(2)8-14-15-10-17(25)16-9-13(27)6-7-21(16,3)23(15,26)18(28)11-22(14,24)4/h6-7,9,13,15-16,18-19,30H,5,8,10-12H2,1-4H3;6-7,9,12,14-15,17-18,28,31H,5,8,10-11H2,1-4H3/t13-,15?,16?,18+,19+,22+,23+,24+,25+;12-,14?,15?,17+,18+,21+,22+,23+,24+/m11/s1. The number of ketones is 2. The Kier molecular flexibility index (Phi) is 13.8. The van der Waals surface area contributed by atoms with Crippen LogP contribution in [0.15, 0.2) is 47.6 Å². The van der Waals surface area contributed by atoms with Gasteiger partial charge >= 0.3 is 11.9 Å². The molecule has 6 fully saturated rings. The third-order valence-corrected chi connectivity index (χ3v) is 19.5. The molecule has 18 atom stereocenters. The van der Waals surface area contributed by atoms with Gasteiger partial charge in [-0.2, -0.15) is 0 Å². The van der Waals surface area contributed by atoms with Crippen LogP contribution in [0.4, 0.5) is 22.0 Å². The molecule has 6 saturated carbocycles. The smallest absolute Gasteiger partial charge is 0.306 e. The molecule has 19 heteroatoms. The first-order valence-electron chi connectivity index (χ1n) is 23.3. The Morgan fingerprint density at radius 2 is 1.06 bits per heavy atom. The largest absolute Gasteiger partial charge is 0.449 e. The highest BCUT2D eigenvalue weighted by molar-refractivity contribution is 8.09. The van der Waals surface area contributed by atoms with E-state index in [9.17, 15) is 47.9 Å². The van der Waals surface area contributed by atoms with E-state index in [1.54, 1.807) is 41.5 Å². The first-order valence-corrected chi connectivity index (χ1v) is 24.8. The number of hydrogen-bond donors (Lipinski definition) is 3. The zero-order chi connectivity index (χ0) is 50.5. The van der Waals surface area contributed by atoms with Gasteiger partial charge in [-0.3, -0.25) is 33.0 Å². The van der Waals surface area contributed by atoms with E-state index < -0.39 is 145 Å². The maximum absolute atomic E-state index is 17.3. The minimum absolute atomic E-state index is 0.00380. The Hall–Kier alpha value is -3.23. The Balaban J connectivity index is 0.000000202. The monoisotopic (exact) mass is 1000 g/mol. The molecule has 0 radical (unpaired) electrons. The van der Waals surface area contributed by atoms with E-state index in [-0.39, 0.29) is 86.6 Å². The molecule has 0 aliphatic heterocycles. The van der Waals surface area contributed by atoms with E-state index in [0.717, 1.165) is 12.2 Å². The van der Waals surface area contributed by atoms with Gasteiger partial charge in [0.05, 0.1) is 36.3 Å². The molecule has 8 aliphatic rings. The summed E-state index contributed by atoms with van der Waals surface area (Å²) in [6, 6.07) is 0. The molecule has 0 aromatic carbocycles. The van der Waals surface area contributed by atoms with Gasteiger partial charge in [-0.05, 0) is 99.7 Å². The molecule has 0 aromatic rings. The first-order chi connectivity index (χ1) is 31.7. The molecule has 0 spiro atoms. The molecule has 0 amide bonds. The van der Waals surface area contributed by atoms with E-state index in [2.05, 4.69) is 4.18 Å². The number of aliphatic hydroxyl groups is 2. The van der Waals surface area contributed by atoms with Crippen molar-refractivity contribution in [3.05, 3.63) is 47.6 Å². The summed E-state index contributed by atoms with van der Waals surface area (Å²) >= 11 is 0.189. The summed E-state index contributed by atoms with van der Waals surface area (Å²) in [5.41, 5.74) is -13.8. The highest BCUT2D eigenvalue weighted by atomic mass is 32.2. The van der Waals surface area contributed by atoms with Gasteiger partial charge in [-0.1, -0.05) is 53.7 Å². The Morgan fingerprint density at radius 3 is 1.41 bits per heavy atom. The predicted molar refractivity (Wildman–Crippen MR) is 239 cm³/mol. The number of halogens is 5. The Labute approximate surface area is 401 Å². The van der Waals surface area contributed by atoms with Crippen LogP contribution in [0, 0.1) is 57.2 Å². The summed E-state index contributed by atoms with van der Waals surface area (Å²) in [4.78, 5) is 75.4. The summed E-state index contributed by atoms with van der Waals surface area (Å²) in [6.45, 7) is 11.6. The summed E-state index contributed by atoms with van der Waals surface area (Å²) < 4.78 is 104. The van der Waals surface area contributed by atoms with Gasteiger partial charge in [0.25, 0.3) is 10.2 Å². The van der Waals surface area contributed by atoms with E-state index >= 15 is 17.6 Å². The number of allylic oxidation sites excluding steroid dienone is 8. The predicted octanol–water partition coefficient (Wildman–Crippen LogP) is 8.34. The quantitative estimate of drug-likeness (QED) is 0.119. The van der Waals surface area contributed by atoms with Crippen LogP contribution in [0.2, 0.25) is 0 Å². The number of carbonyl (C=O) groups excluding carboxylic acids is 6. The maximum Gasteiger partial charge on any atom is 0.306 e. The fourth-order valence-electron chi connectivity index (χ4n) is 15.1. The highest BCUT2D eigenvalue weighted by Gasteiger charge is 2.80. The van der Waals surface area contributed by atoms with Gasteiger partial charge in [0.15, 0.2) is 34.1 Å². The average Bonchev–Trinajstić information content (AvgIpc) is 3.64. The number of hydrogen-bond acceptors (Lipinski definition) is 14. The summed E-state index contributed by atoms with van der Waals surface area (Å²) in [6.07, 6.45) is 0.249. The zero-order valence-corrected chi connectivity index (χ0v) is 41.0. The number of carbonyl (C=O) groups is 6. The molecule has 0 aromatic heterocycles. The lowest BCUT2D eigenvalue weighted by Crippen LogP contribution is -2.70. The molecule has 3 N–H and O–H groups in total.